The molecule has 0 fully saturated rings. The fourth-order valence-electron chi connectivity index (χ4n) is 5.53. The molecule has 0 bridgehead atoms. The number of phenolic OH excluding ortho intramolecular Hbond substituents is 2. The molecule has 6 aromatic carbocycles. The SMILES string of the molecule is CC(=O)[O][Hg][c]1cc(-c2ccc(N=Nc3c(S(=O)(=O)O)cc4cccc(N)c4c3O)cc2)ccc1N=Nc1c(S(=O)(=O)O)cc2cccc(N)c2c1O.CCO. The van der Waals surface area contributed by atoms with Crippen LogP contribution in [0, 0.1) is 0 Å². The quantitative estimate of drug-likeness (QED) is 0.0342. The van der Waals surface area contributed by atoms with Gasteiger partial charge in [0.2, 0.25) is 0 Å². The minimum absolute atomic E-state index is 0.116. The number of benzene rings is 6. The van der Waals surface area contributed by atoms with Crippen molar-refractivity contribution in [3.63, 3.8) is 0 Å². The van der Waals surface area contributed by atoms with Crippen molar-refractivity contribution in [2.45, 2.75) is 23.6 Å². The second-order valence-electron chi connectivity index (χ2n) is 11.9. The number of aliphatic hydroxyl groups is 1. The Hall–Kier alpha value is -5.57. The molecule has 0 aromatic heterocycles. The van der Waals surface area contributed by atoms with E-state index in [0.717, 1.165) is 12.1 Å². The number of fused-ring (bicyclic) bond motifs is 2. The molecule has 0 saturated carbocycles. The number of phenols is 2. The van der Waals surface area contributed by atoms with E-state index in [1.54, 1.807) is 61.5 Å². The van der Waals surface area contributed by atoms with Crippen molar-refractivity contribution in [3.8, 4) is 22.6 Å². The molecule has 0 radical (unpaired) electrons. The summed E-state index contributed by atoms with van der Waals surface area (Å²) in [7, 11) is -9.68. The molecule has 0 atom stereocenters. The zero-order valence-corrected chi connectivity index (χ0v) is 36.7. The van der Waals surface area contributed by atoms with Crippen LogP contribution in [0.4, 0.5) is 34.1 Å². The van der Waals surface area contributed by atoms with Gasteiger partial charge in [0.1, 0.15) is 0 Å². The van der Waals surface area contributed by atoms with Crippen LogP contribution < -0.4 is 14.5 Å². The smallest absolute Gasteiger partial charge is 0.0402 e. The molecule has 286 valence electrons. The minimum atomic E-state index is -4.86. The van der Waals surface area contributed by atoms with Crippen LogP contribution in [0.25, 0.3) is 32.7 Å². The van der Waals surface area contributed by atoms with Gasteiger partial charge < -0.3 is 10.8 Å². The predicted molar refractivity (Wildman–Crippen MR) is 204 cm³/mol. The molecule has 20 heteroatoms. The van der Waals surface area contributed by atoms with Gasteiger partial charge >= 0.3 is 268 Å². The molecular weight excluding hydrogens is 957 g/mol. The van der Waals surface area contributed by atoms with Crippen LogP contribution >= 0.6 is 0 Å². The topological polar surface area (TPSA) is 297 Å². The van der Waals surface area contributed by atoms with Crippen molar-refractivity contribution in [1.29, 1.82) is 0 Å². The fraction of sp³-hybridized carbons (Fsp3) is 0.0833. The number of nitrogens with two attached hydrogens (primary N) is 2. The third kappa shape index (κ3) is 9.26. The number of carbonyl (C=O) groups is 1. The Bertz CT molecular complexity index is 2780. The predicted octanol–water partition coefficient (Wildman–Crippen LogP) is 6.74. The molecular formula is C36H32HgN6O11S2. The van der Waals surface area contributed by atoms with E-state index in [0.29, 0.717) is 14.2 Å². The first-order valence-electron chi connectivity index (χ1n) is 16.3. The van der Waals surface area contributed by atoms with Crippen molar-refractivity contribution in [3.05, 3.63) is 91.0 Å². The van der Waals surface area contributed by atoms with Crippen LogP contribution in [-0.4, -0.2) is 53.8 Å². The van der Waals surface area contributed by atoms with Gasteiger partial charge in [0, 0.05) is 12.3 Å². The number of nitrogen functional groups attached to an aromatic ring is 2. The summed E-state index contributed by atoms with van der Waals surface area (Å²) < 4.78 is 74.6. The summed E-state index contributed by atoms with van der Waals surface area (Å²) in [5, 5.41) is 46.4. The third-order valence-electron chi connectivity index (χ3n) is 8.01. The van der Waals surface area contributed by atoms with Crippen molar-refractivity contribution < 1.29 is 73.7 Å². The Labute approximate surface area is 332 Å². The number of anilines is 2. The number of aromatic hydroxyl groups is 2. The number of aliphatic hydroxyl groups excluding tert-OH is 1. The molecule has 17 nitrogen and oxygen atoms in total. The zero-order chi connectivity index (χ0) is 40.9. The summed E-state index contributed by atoms with van der Waals surface area (Å²) in [4.78, 5) is 10.4. The first kappa shape index (κ1) is 41.6. The minimum Gasteiger partial charge on any atom is -0.397 e. The second kappa shape index (κ2) is 17.1. The van der Waals surface area contributed by atoms with Crippen LogP contribution in [0.5, 0.6) is 11.5 Å². The molecule has 0 aliphatic heterocycles. The summed E-state index contributed by atoms with van der Waals surface area (Å²) >= 11 is -2.68. The Morgan fingerprint density at radius 3 is 1.62 bits per heavy atom. The normalized spacial score (nSPS) is 11.8. The first-order chi connectivity index (χ1) is 26.4. The van der Waals surface area contributed by atoms with Crippen molar-refractivity contribution in [2.75, 3.05) is 18.1 Å². The van der Waals surface area contributed by atoms with Gasteiger partial charge in [0.25, 0.3) is 0 Å². The molecule has 0 spiro atoms. The average Bonchev–Trinajstić information content (AvgIpc) is 3.13. The number of hydrogen-bond donors (Lipinski definition) is 7. The molecule has 0 amide bonds. The van der Waals surface area contributed by atoms with Crippen LogP contribution in [0.1, 0.15) is 13.8 Å². The summed E-state index contributed by atoms with van der Waals surface area (Å²) in [6.45, 7) is 3.19. The van der Waals surface area contributed by atoms with Gasteiger partial charge in [0.15, 0.2) is 0 Å². The van der Waals surface area contributed by atoms with E-state index in [-0.39, 0.29) is 50.9 Å². The first-order valence-corrected chi connectivity index (χ1v) is 24.2. The van der Waals surface area contributed by atoms with Crippen LogP contribution in [0.3, 0.4) is 0 Å². The molecule has 0 saturated heterocycles. The molecule has 6 aromatic rings. The van der Waals surface area contributed by atoms with Gasteiger partial charge in [-0.1, -0.05) is 12.1 Å². The van der Waals surface area contributed by atoms with E-state index in [4.69, 9.17) is 19.2 Å². The van der Waals surface area contributed by atoms with Gasteiger partial charge in [-0.2, -0.15) is 8.42 Å². The van der Waals surface area contributed by atoms with E-state index in [1.807, 2.05) is 0 Å². The average molecular weight is 989 g/mol. The Balaban J connectivity index is 0.00000194. The number of carbonyl (C=O) groups excluding carboxylic acids is 1. The van der Waals surface area contributed by atoms with Crippen molar-refractivity contribution in [1.82, 2.24) is 0 Å². The molecule has 6 rings (SSSR count). The molecule has 0 heterocycles. The molecule has 0 aliphatic rings. The summed E-state index contributed by atoms with van der Waals surface area (Å²) in [5.41, 5.74) is 13.1. The van der Waals surface area contributed by atoms with E-state index in [2.05, 4.69) is 20.5 Å². The molecule has 0 aliphatic carbocycles. The third-order valence-corrected chi connectivity index (χ3v) is 15.3. The van der Waals surface area contributed by atoms with Gasteiger partial charge in [-0.05, 0) is 18.4 Å². The number of rotatable bonds is 9. The van der Waals surface area contributed by atoms with Gasteiger partial charge in [0.05, 0.1) is 0 Å². The fourth-order valence-corrected chi connectivity index (χ4v) is 10.7. The number of nitrogens with zero attached hydrogens (tertiary/aromatic N) is 4. The number of azo groups is 2. The van der Waals surface area contributed by atoms with Crippen molar-refractivity contribution >= 4 is 84.9 Å². The maximum absolute atomic E-state index is 12.3. The molecule has 0 unspecified atom stereocenters. The van der Waals surface area contributed by atoms with Gasteiger partial charge in [-0.25, -0.2) is 0 Å². The Kier molecular flexibility index (Phi) is 12.7. The maximum atomic E-state index is 12.3. The summed E-state index contributed by atoms with van der Waals surface area (Å²) in [6, 6.07) is 22.9. The molecule has 9 N–H and O–H groups in total. The molecule has 56 heavy (non-hydrogen) atoms. The van der Waals surface area contributed by atoms with E-state index in [9.17, 15) is 40.9 Å². The van der Waals surface area contributed by atoms with Crippen LogP contribution in [0.15, 0.2) is 121 Å². The van der Waals surface area contributed by atoms with Crippen molar-refractivity contribution in [2.24, 2.45) is 20.5 Å². The summed E-state index contributed by atoms with van der Waals surface area (Å²) in [6.07, 6.45) is 0. The van der Waals surface area contributed by atoms with Crippen LogP contribution in [-0.2, 0) is 52.7 Å². The summed E-state index contributed by atoms with van der Waals surface area (Å²) in [5.74, 6) is -1.68. The standard InChI is InChI=1S/C32H23N6O8S2.C2H4O2.C2H6O.Hg/c33-23-5-1-3-19-15-25(47(41,42)43)29(31(39)27(19)23)37-35-21-11-7-17(8-12-21)18-9-13-22(14-10-18)36-38-30-26(48(44,45)46)16-20-4-2-6-24(34)28(20)32(30)40;1-2(3)4;1-2-3;/h1-13,15-16,39-40H,33-34H2,(H,41,42,43)(H,44,45,46);1H3,(H,3,4);3H,2H2,1H3;/q;;;+1/p-1. The number of hydrogen-bond acceptors (Lipinski definition) is 15. The van der Waals surface area contributed by atoms with Gasteiger partial charge in [-0.3, -0.25) is 4.55 Å². The van der Waals surface area contributed by atoms with E-state index < -0.39 is 83.9 Å². The van der Waals surface area contributed by atoms with E-state index in [1.165, 1.54) is 31.2 Å². The second-order valence-corrected chi connectivity index (χ2v) is 19.9. The Morgan fingerprint density at radius 2 is 1.16 bits per heavy atom. The van der Waals surface area contributed by atoms with Crippen LogP contribution in [0.2, 0.25) is 0 Å². The largest absolute Gasteiger partial charge is 0.397 e. The van der Waals surface area contributed by atoms with Gasteiger partial charge in [-0.15, -0.1) is 0 Å². The van der Waals surface area contributed by atoms with E-state index >= 15 is 0 Å². The zero-order valence-electron chi connectivity index (χ0n) is 29.5. The Morgan fingerprint density at radius 1 is 0.696 bits per heavy atom. The monoisotopic (exact) mass is 990 g/mol. The maximum Gasteiger partial charge on any atom is 0.0402 e.